The summed E-state index contributed by atoms with van der Waals surface area (Å²) in [6.07, 6.45) is 0. The number of hydrogen-bond acceptors (Lipinski definition) is 5. The van der Waals surface area contributed by atoms with E-state index in [0.29, 0.717) is 17.0 Å². The summed E-state index contributed by atoms with van der Waals surface area (Å²) in [5.41, 5.74) is 0.856. The van der Waals surface area contributed by atoms with Crippen LogP contribution in [0, 0.1) is 5.82 Å². The van der Waals surface area contributed by atoms with Crippen LogP contribution in [0.4, 0.5) is 10.1 Å². The van der Waals surface area contributed by atoms with Crippen molar-refractivity contribution in [3.05, 3.63) is 77.4 Å². The molecule has 6 nitrogen and oxygen atoms in total. The van der Waals surface area contributed by atoms with Crippen molar-refractivity contribution in [2.45, 2.75) is 10.8 Å². The number of nitrogens with zero attached hydrogens (tertiary/aromatic N) is 1. The van der Waals surface area contributed by atoms with Gasteiger partial charge in [-0.15, -0.1) is 11.3 Å². The van der Waals surface area contributed by atoms with Gasteiger partial charge in [0.15, 0.2) is 6.61 Å². The van der Waals surface area contributed by atoms with E-state index in [1.807, 2.05) is 0 Å². The van der Waals surface area contributed by atoms with E-state index in [2.05, 4.69) is 5.32 Å². The van der Waals surface area contributed by atoms with Crippen molar-refractivity contribution in [2.24, 2.45) is 0 Å². The van der Waals surface area contributed by atoms with Crippen molar-refractivity contribution >= 4 is 33.0 Å². The molecule has 152 valence electrons. The van der Waals surface area contributed by atoms with Gasteiger partial charge < -0.3 is 10.1 Å². The van der Waals surface area contributed by atoms with E-state index in [0.717, 1.165) is 11.3 Å². The van der Waals surface area contributed by atoms with Crippen LogP contribution in [0.1, 0.15) is 5.56 Å². The van der Waals surface area contributed by atoms with E-state index in [9.17, 15) is 17.6 Å². The Hall–Kier alpha value is -2.91. The zero-order chi connectivity index (χ0) is 20.9. The van der Waals surface area contributed by atoms with E-state index in [1.165, 1.54) is 17.4 Å². The second-order valence-corrected chi connectivity index (χ2v) is 9.20. The van der Waals surface area contributed by atoms with Gasteiger partial charge in [-0.2, -0.15) is 0 Å². The summed E-state index contributed by atoms with van der Waals surface area (Å²) in [5, 5.41) is 4.29. The predicted octanol–water partition coefficient (Wildman–Crippen LogP) is 3.41. The topological polar surface area (TPSA) is 75.7 Å². The Balaban J connectivity index is 1.54. The lowest BCUT2D eigenvalue weighted by Gasteiger charge is -2.18. The van der Waals surface area contributed by atoms with Crippen molar-refractivity contribution < 1.29 is 22.3 Å². The molecule has 1 aromatic heterocycles. The van der Waals surface area contributed by atoms with Crippen LogP contribution in [-0.4, -0.2) is 28.0 Å². The smallest absolute Gasteiger partial charge is 0.273 e. The van der Waals surface area contributed by atoms with Gasteiger partial charge in [0.25, 0.3) is 15.9 Å². The second-order valence-electron chi connectivity index (χ2n) is 6.06. The van der Waals surface area contributed by atoms with Crippen LogP contribution < -0.4 is 14.4 Å². The first-order chi connectivity index (χ1) is 13.9. The van der Waals surface area contributed by atoms with Gasteiger partial charge in [-0.1, -0.05) is 24.3 Å². The summed E-state index contributed by atoms with van der Waals surface area (Å²) in [6.45, 7) is -0.170. The van der Waals surface area contributed by atoms with Crippen molar-refractivity contribution in [3.8, 4) is 5.75 Å². The third kappa shape index (κ3) is 5.12. The summed E-state index contributed by atoms with van der Waals surface area (Å²) in [5.74, 6) is -0.364. The molecule has 1 heterocycles. The zero-order valence-corrected chi connectivity index (χ0v) is 17.2. The molecule has 0 saturated heterocycles. The van der Waals surface area contributed by atoms with Gasteiger partial charge in [-0.25, -0.2) is 12.8 Å². The molecule has 0 aliphatic heterocycles. The third-order valence-electron chi connectivity index (χ3n) is 4.11. The fourth-order valence-corrected chi connectivity index (χ4v) is 4.83. The first-order valence-electron chi connectivity index (χ1n) is 8.63. The maximum absolute atomic E-state index is 13.5. The summed E-state index contributed by atoms with van der Waals surface area (Å²) in [7, 11) is -2.13. The number of anilines is 1. The fraction of sp³-hybridized carbons (Fsp3) is 0.150. The minimum absolute atomic E-state index is 0.0686. The van der Waals surface area contributed by atoms with Gasteiger partial charge in [0.05, 0.1) is 5.69 Å². The Labute approximate surface area is 172 Å². The minimum Gasteiger partial charge on any atom is -0.484 e. The number of sulfonamides is 1. The van der Waals surface area contributed by atoms with E-state index in [-0.39, 0.29) is 23.2 Å². The number of rotatable bonds is 8. The highest BCUT2D eigenvalue weighted by molar-refractivity contribution is 7.94. The lowest BCUT2D eigenvalue weighted by Crippen LogP contribution is -2.28. The molecule has 0 radical (unpaired) electrons. The van der Waals surface area contributed by atoms with Crippen LogP contribution in [-0.2, 0) is 21.4 Å². The van der Waals surface area contributed by atoms with Crippen molar-refractivity contribution in [3.63, 3.8) is 0 Å². The van der Waals surface area contributed by atoms with Crippen molar-refractivity contribution in [2.75, 3.05) is 18.0 Å². The normalized spacial score (nSPS) is 11.1. The molecule has 3 aromatic rings. The molecule has 0 aliphatic rings. The van der Waals surface area contributed by atoms with E-state index < -0.39 is 15.9 Å². The van der Waals surface area contributed by atoms with Crippen LogP contribution in [0.25, 0.3) is 0 Å². The average Bonchev–Trinajstić information content (AvgIpc) is 3.27. The van der Waals surface area contributed by atoms with Crippen LogP contribution in [0.3, 0.4) is 0 Å². The van der Waals surface area contributed by atoms with Crippen LogP contribution >= 0.6 is 11.3 Å². The summed E-state index contributed by atoms with van der Waals surface area (Å²) in [6, 6.07) is 15.8. The number of benzene rings is 2. The molecule has 29 heavy (non-hydrogen) atoms. The van der Waals surface area contributed by atoms with Gasteiger partial charge in [0.1, 0.15) is 15.8 Å². The largest absolute Gasteiger partial charge is 0.484 e. The van der Waals surface area contributed by atoms with Gasteiger partial charge in [-0.3, -0.25) is 9.10 Å². The second kappa shape index (κ2) is 9.06. The van der Waals surface area contributed by atoms with Gasteiger partial charge in [0.2, 0.25) is 0 Å². The molecule has 0 unspecified atom stereocenters. The standard InChI is InChI=1S/C20H19FN2O4S2/c1-23(29(25,26)20-7-4-12-28-20)16-8-10-17(11-9-16)27-14-19(24)22-13-15-5-2-3-6-18(15)21/h2-12H,13-14H2,1H3,(H,22,24). The Morgan fingerprint density at radius 3 is 2.48 bits per heavy atom. The summed E-state index contributed by atoms with van der Waals surface area (Å²) in [4.78, 5) is 11.9. The fourth-order valence-electron chi connectivity index (χ4n) is 2.47. The van der Waals surface area contributed by atoms with Gasteiger partial charge >= 0.3 is 0 Å². The first kappa shape index (κ1) is 20.8. The number of hydrogen-bond donors (Lipinski definition) is 1. The van der Waals surface area contributed by atoms with Gasteiger partial charge in [0, 0.05) is 19.2 Å². The maximum Gasteiger partial charge on any atom is 0.273 e. The molecular formula is C20H19FN2O4S2. The van der Waals surface area contributed by atoms with E-state index in [4.69, 9.17) is 4.74 Å². The summed E-state index contributed by atoms with van der Waals surface area (Å²) < 4.78 is 45.5. The molecule has 1 N–H and O–H groups in total. The zero-order valence-electron chi connectivity index (χ0n) is 15.5. The van der Waals surface area contributed by atoms with Crippen LogP contribution in [0.15, 0.2) is 70.3 Å². The molecule has 2 aromatic carbocycles. The highest BCUT2D eigenvalue weighted by Crippen LogP contribution is 2.26. The Morgan fingerprint density at radius 1 is 1.10 bits per heavy atom. The highest BCUT2D eigenvalue weighted by atomic mass is 32.2. The Kier molecular flexibility index (Phi) is 6.50. The van der Waals surface area contributed by atoms with E-state index >= 15 is 0 Å². The molecule has 0 atom stereocenters. The molecule has 0 bridgehead atoms. The number of ether oxygens (including phenoxy) is 1. The monoisotopic (exact) mass is 434 g/mol. The number of carbonyl (C=O) groups excluding carboxylic acids is 1. The maximum atomic E-state index is 13.5. The molecular weight excluding hydrogens is 415 g/mol. The molecule has 9 heteroatoms. The number of halogens is 1. The molecule has 3 rings (SSSR count). The lowest BCUT2D eigenvalue weighted by molar-refractivity contribution is -0.123. The highest BCUT2D eigenvalue weighted by Gasteiger charge is 2.22. The molecule has 0 spiro atoms. The van der Waals surface area contributed by atoms with Gasteiger partial charge in [-0.05, 0) is 41.8 Å². The average molecular weight is 435 g/mol. The lowest BCUT2D eigenvalue weighted by atomic mass is 10.2. The quantitative estimate of drug-likeness (QED) is 0.590. The molecule has 0 fully saturated rings. The SMILES string of the molecule is CN(c1ccc(OCC(=O)NCc2ccccc2F)cc1)S(=O)(=O)c1cccs1. The molecule has 0 aliphatic carbocycles. The number of carbonyl (C=O) groups is 1. The third-order valence-corrected chi connectivity index (χ3v) is 7.27. The van der Waals surface area contributed by atoms with Crippen LogP contribution in [0.2, 0.25) is 0 Å². The Bertz CT molecular complexity index is 1070. The van der Waals surface area contributed by atoms with Crippen LogP contribution in [0.5, 0.6) is 5.75 Å². The van der Waals surface area contributed by atoms with E-state index in [1.54, 1.807) is 60.0 Å². The molecule has 0 saturated carbocycles. The number of amides is 1. The number of nitrogens with one attached hydrogen (secondary N) is 1. The minimum atomic E-state index is -3.61. The first-order valence-corrected chi connectivity index (χ1v) is 11.0. The predicted molar refractivity (Wildman–Crippen MR) is 110 cm³/mol. The Morgan fingerprint density at radius 2 is 1.83 bits per heavy atom. The summed E-state index contributed by atoms with van der Waals surface area (Å²) >= 11 is 1.15. The van der Waals surface area contributed by atoms with Crippen molar-refractivity contribution in [1.29, 1.82) is 0 Å². The number of thiophene rings is 1. The molecule has 1 amide bonds. The van der Waals surface area contributed by atoms with Crippen molar-refractivity contribution in [1.82, 2.24) is 5.32 Å².